The van der Waals surface area contributed by atoms with Gasteiger partial charge in [0.15, 0.2) is 6.23 Å². The van der Waals surface area contributed by atoms with Crippen LogP contribution in [0.3, 0.4) is 0 Å². The molecule has 80 valence electrons. The minimum atomic E-state index is -0.239. The Balaban J connectivity index is 2.25. The van der Waals surface area contributed by atoms with Crippen molar-refractivity contribution in [2.75, 3.05) is 11.6 Å². The molecule has 0 saturated heterocycles. The second kappa shape index (κ2) is 4.31. The van der Waals surface area contributed by atoms with Gasteiger partial charge in [-0.15, -0.1) is 0 Å². The highest BCUT2D eigenvalue weighted by molar-refractivity contribution is 5.55. The van der Waals surface area contributed by atoms with Crippen LogP contribution >= 0.6 is 0 Å². The fourth-order valence-electron chi connectivity index (χ4n) is 1.81. The number of rotatable bonds is 3. The van der Waals surface area contributed by atoms with Crippen LogP contribution in [-0.4, -0.2) is 19.4 Å². The zero-order valence-corrected chi connectivity index (χ0v) is 8.64. The van der Waals surface area contributed by atoms with Crippen molar-refractivity contribution < 1.29 is 9.53 Å². The van der Waals surface area contributed by atoms with E-state index in [1.807, 2.05) is 30.0 Å². The number of carbonyl (C=O) groups is 1. The smallest absolute Gasteiger partial charge is 0.294 e. The lowest BCUT2D eigenvalue weighted by atomic mass is 10.1. The number of anilines is 1. The van der Waals surface area contributed by atoms with Crippen LogP contribution in [0.5, 0.6) is 0 Å². The first-order valence-electron chi connectivity index (χ1n) is 4.97. The zero-order chi connectivity index (χ0) is 10.7. The Morgan fingerprint density at radius 1 is 1.53 bits per heavy atom. The molecular formula is C11H14N2O2. The quantitative estimate of drug-likeness (QED) is 0.751. The lowest BCUT2D eigenvalue weighted by Gasteiger charge is -2.35. The van der Waals surface area contributed by atoms with Gasteiger partial charge in [0.05, 0.1) is 6.67 Å². The van der Waals surface area contributed by atoms with Gasteiger partial charge in [0.25, 0.3) is 6.47 Å². The number of nitrogens with zero attached hydrogens (tertiary/aromatic N) is 1. The second-order valence-electron chi connectivity index (χ2n) is 3.52. The normalized spacial score (nSPS) is 16.7. The van der Waals surface area contributed by atoms with Crippen molar-refractivity contribution in [3.05, 3.63) is 29.8 Å². The molecule has 0 radical (unpaired) electrons. The van der Waals surface area contributed by atoms with E-state index in [0.29, 0.717) is 13.1 Å². The minimum absolute atomic E-state index is 0.239. The van der Waals surface area contributed by atoms with Crippen molar-refractivity contribution in [2.45, 2.75) is 19.7 Å². The summed E-state index contributed by atoms with van der Waals surface area (Å²) < 4.78 is 4.94. The third-order valence-corrected chi connectivity index (χ3v) is 2.59. The first-order valence-corrected chi connectivity index (χ1v) is 4.97. The van der Waals surface area contributed by atoms with E-state index < -0.39 is 0 Å². The topological polar surface area (TPSA) is 41.6 Å². The van der Waals surface area contributed by atoms with Crippen molar-refractivity contribution in [3.63, 3.8) is 0 Å². The van der Waals surface area contributed by atoms with Crippen molar-refractivity contribution in [1.29, 1.82) is 0 Å². The highest BCUT2D eigenvalue weighted by Crippen LogP contribution is 2.24. The molecular weight excluding hydrogens is 192 g/mol. The fourth-order valence-corrected chi connectivity index (χ4v) is 1.81. The fraction of sp³-hybridized carbons (Fsp3) is 0.364. The largest absolute Gasteiger partial charge is 0.444 e. The Morgan fingerprint density at radius 3 is 3.13 bits per heavy atom. The van der Waals surface area contributed by atoms with Crippen molar-refractivity contribution in [2.24, 2.45) is 0 Å². The Hall–Kier alpha value is -1.55. The second-order valence-corrected chi connectivity index (χ2v) is 3.52. The number of ether oxygens (including phenoxy) is 1. The minimum Gasteiger partial charge on any atom is -0.444 e. The van der Waals surface area contributed by atoms with Crippen LogP contribution in [0.2, 0.25) is 0 Å². The first-order chi connectivity index (χ1) is 7.33. The molecule has 1 unspecified atom stereocenters. The first kappa shape index (κ1) is 9.98. The number of benzene rings is 1. The number of hydrogen-bond donors (Lipinski definition) is 1. The predicted octanol–water partition coefficient (Wildman–Crippen LogP) is 1.07. The number of carbonyl (C=O) groups excluding carboxylic acids is 1. The maximum Gasteiger partial charge on any atom is 0.294 e. The summed E-state index contributed by atoms with van der Waals surface area (Å²) in [5.74, 6) is 0. The van der Waals surface area contributed by atoms with E-state index in [1.54, 1.807) is 0 Å². The SMILES string of the molecule is CC(OC=O)N1CNCc2ccccc21. The monoisotopic (exact) mass is 206 g/mol. The van der Waals surface area contributed by atoms with Gasteiger partial charge in [-0.2, -0.15) is 0 Å². The summed E-state index contributed by atoms with van der Waals surface area (Å²) >= 11 is 0. The zero-order valence-electron chi connectivity index (χ0n) is 8.64. The van der Waals surface area contributed by atoms with Gasteiger partial charge in [-0.1, -0.05) is 18.2 Å². The van der Waals surface area contributed by atoms with Crippen LogP contribution in [0, 0.1) is 0 Å². The van der Waals surface area contributed by atoms with Crippen LogP contribution in [0.1, 0.15) is 12.5 Å². The third kappa shape index (κ3) is 1.94. The van der Waals surface area contributed by atoms with Gasteiger partial charge >= 0.3 is 0 Å². The number of para-hydroxylation sites is 1. The lowest BCUT2D eigenvalue weighted by molar-refractivity contribution is -0.132. The van der Waals surface area contributed by atoms with Gasteiger partial charge < -0.3 is 9.64 Å². The highest BCUT2D eigenvalue weighted by Gasteiger charge is 2.20. The molecule has 1 aliphatic rings. The van der Waals surface area contributed by atoms with E-state index in [-0.39, 0.29) is 6.23 Å². The predicted molar refractivity (Wildman–Crippen MR) is 57.2 cm³/mol. The standard InChI is InChI=1S/C11H14N2O2/c1-9(15-8-14)13-7-12-6-10-4-2-3-5-11(10)13/h2-5,8-9,12H,6-7H2,1H3. The molecule has 0 aromatic heterocycles. The van der Waals surface area contributed by atoms with Gasteiger partial charge in [-0.25, -0.2) is 0 Å². The molecule has 0 bridgehead atoms. The molecule has 1 aliphatic heterocycles. The number of nitrogens with one attached hydrogen (secondary N) is 1. The van der Waals surface area contributed by atoms with Crippen molar-refractivity contribution in [3.8, 4) is 0 Å². The average molecular weight is 206 g/mol. The molecule has 4 heteroatoms. The average Bonchev–Trinajstić information content (AvgIpc) is 2.28. The summed E-state index contributed by atoms with van der Waals surface area (Å²) in [6, 6.07) is 8.11. The Kier molecular flexibility index (Phi) is 2.87. The van der Waals surface area contributed by atoms with E-state index in [2.05, 4.69) is 11.4 Å². The molecule has 1 atom stereocenters. The molecule has 0 saturated carbocycles. The van der Waals surface area contributed by atoms with Crippen LogP contribution in [0.4, 0.5) is 5.69 Å². The summed E-state index contributed by atoms with van der Waals surface area (Å²) in [5, 5.41) is 3.26. The Labute approximate surface area is 88.8 Å². The highest BCUT2D eigenvalue weighted by atomic mass is 16.5. The molecule has 4 nitrogen and oxygen atoms in total. The molecule has 1 aromatic carbocycles. The molecule has 1 heterocycles. The maximum atomic E-state index is 10.3. The Morgan fingerprint density at radius 2 is 2.33 bits per heavy atom. The van der Waals surface area contributed by atoms with Gasteiger partial charge in [-0.3, -0.25) is 10.1 Å². The van der Waals surface area contributed by atoms with E-state index in [1.165, 1.54) is 5.56 Å². The summed E-state index contributed by atoms with van der Waals surface area (Å²) in [7, 11) is 0. The molecule has 2 rings (SSSR count). The molecule has 0 spiro atoms. The van der Waals surface area contributed by atoms with Crippen LogP contribution in [-0.2, 0) is 16.1 Å². The van der Waals surface area contributed by atoms with Crippen LogP contribution in [0.25, 0.3) is 0 Å². The number of hydrogen-bond acceptors (Lipinski definition) is 4. The molecule has 0 aliphatic carbocycles. The summed E-state index contributed by atoms with van der Waals surface area (Å²) in [6.45, 7) is 3.91. The van der Waals surface area contributed by atoms with Gasteiger partial charge in [-0.05, 0) is 18.6 Å². The third-order valence-electron chi connectivity index (χ3n) is 2.59. The van der Waals surface area contributed by atoms with Gasteiger partial charge in [0.1, 0.15) is 0 Å². The van der Waals surface area contributed by atoms with E-state index >= 15 is 0 Å². The molecule has 1 N–H and O–H groups in total. The molecule has 0 amide bonds. The van der Waals surface area contributed by atoms with E-state index in [9.17, 15) is 4.79 Å². The molecule has 1 aromatic rings. The van der Waals surface area contributed by atoms with E-state index in [0.717, 1.165) is 12.2 Å². The summed E-state index contributed by atoms with van der Waals surface area (Å²) in [6.07, 6.45) is -0.239. The lowest BCUT2D eigenvalue weighted by Crippen LogP contribution is -2.45. The number of fused-ring (bicyclic) bond motifs is 1. The summed E-state index contributed by atoms with van der Waals surface area (Å²) in [4.78, 5) is 12.3. The van der Waals surface area contributed by atoms with Gasteiger partial charge in [0.2, 0.25) is 0 Å². The molecule has 0 fully saturated rings. The summed E-state index contributed by atoms with van der Waals surface area (Å²) in [5.41, 5.74) is 2.36. The van der Waals surface area contributed by atoms with Crippen molar-refractivity contribution >= 4 is 12.2 Å². The van der Waals surface area contributed by atoms with E-state index in [4.69, 9.17) is 4.74 Å². The van der Waals surface area contributed by atoms with Crippen LogP contribution < -0.4 is 10.2 Å². The van der Waals surface area contributed by atoms with Crippen molar-refractivity contribution in [1.82, 2.24) is 5.32 Å². The maximum absolute atomic E-state index is 10.3. The Bertz CT molecular complexity index is 354. The molecule has 15 heavy (non-hydrogen) atoms. The van der Waals surface area contributed by atoms with Crippen LogP contribution in [0.15, 0.2) is 24.3 Å². The van der Waals surface area contributed by atoms with Gasteiger partial charge in [0, 0.05) is 12.2 Å².